The summed E-state index contributed by atoms with van der Waals surface area (Å²) in [6.07, 6.45) is 6.73. The monoisotopic (exact) mass is 400 g/mol. The lowest BCUT2D eigenvalue weighted by molar-refractivity contribution is 0.636. The van der Waals surface area contributed by atoms with E-state index in [4.69, 9.17) is 0 Å². The van der Waals surface area contributed by atoms with Gasteiger partial charge >= 0.3 is 0 Å². The molecule has 5 nitrogen and oxygen atoms in total. The van der Waals surface area contributed by atoms with E-state index in [-0.39, 0.29) is 10.3 Å². The summed E-state index contributed by atoms with van der Waals surface area (Å²) in [5.74, 6) is 0. The van der Waals surface area contributed by atoms with Gasteiger partial charge < -0.3 is 5.32 Å². The van der Waals surface area contributed by atoms with E-state index in [1.54, 1.807) is 6.07 Å². The maximum absolute atomic E-state index is 12.3. The molecule has 0 saturated heterocycles. The van der Waals surface area contributed by atoms with E-state index in [1.807, 2.05) is 11.8 Å². The van der Waals surface area contributed by atoms with Gasteiger partial charge in [-0.3, -0.25) is 4.79 Å². The van der Waals surface area contributed by atoms with Gasteiger partial charge in [-0.15, -0.1) is 16.9 Å². The molecule has 2 heterocycles. The first kappa shape index (κ1) is 18.5. The van der Waals surface area contributed by atoms with Crippen molar-refractivity contribution in [3.63, 3.8) is 0 Å². The number of aromatic nitrogens is 3. The molecule has 0 atom stereocenters. The Morgan fingerprint density at radius 1 is 1.26 bits per heavy atom. The molecule has 0 bridgehead atoms. The van der Waals surface area contributed by atoms with Crippen molar-refractivity contribution in [3.8, 4) is 0 Å². The summed E-state index contributed by atoms with van der Waals surface area (Å²) in [5.41, 5.74) is 0.756. The van der Waals surface area contributed by atoms with Crippen LogP contribution in [0.3, 0.4) is 0 Å². The van der Waals surface area contributed by atoms with Crippen LogP contribution in [-0.2, 0) is 6.42 Å². The van der Waals surface area contributed by atoms with Crippen LogP contribution in [0.1, 0.15) is 44.7 Å². The topological polar surface area (TPSA) is 59.3 Å². The summed E-state index contributed by atoms with van der Waals surface area (Å²) in [6, 6.07) is 12.2. The molecule has 0 aliphatic heterocycles. The van der Waals surface area contributed by atoms with Crippen molar-refractivity contribution in [3.05, 3.63) is 52.4 Å². The SMILES string of the molecule is CCCc1cc(=O)n2nc(NCC3(Sc4ccccc4)CCCC3)sc2n1. The van der Waals surface area contributed by atoms with Crippen LogP contribution in [0.25, 0.3) is 4.96 Å². The number of rotatable bonds is 7. The number of aryl methyl sites for hydroxylation is 1. The maximum atomic E-state index is 12.3. The molecule has 1 aliphatic carbocycles. The fourth-order valence-corrected chi connectivity index (χ4v) is 5.87. The zero-order valence-corrected chi connectivity index (χ0v) is 17.1. The average molecular weight is 401 g/mol. The highest BCUT2D eigenvalue weighted by atomic mass is 32.2. The highest BCUT2D eigenvalue weighted by molar-refractivity contribution is 8.00. The van der Waals surface area contributed by atoms with E-state index in [9.17, 15) is 4.79 Å². The maximum Gasteiger partial charge on any atom is 0.275 e. The smallest absolute Gasteiger partial charge is 0.275 e. The van der Waals surface area contributed by atoms with Crippen LogP contribution in [0.4, 0.5) is 5.13 Å². The third-order valence-electron chi connectivity index (χ3n) is 4.96. The lowest BCUT2D eigenvalue weighted by Crippen LogP contribution is -2.30. The van der Waals surface area contributed by atoms with Crippen LogP contribution < -0.4 is 10.9 Å². The minimum Gasteiger partial charge on any atom is -0.359 e. The van der Waals surface area contributed by atoms with E-state index in [0.29, 0.717) is 4.96 Å². The van der Waals surface area contributed by atoms with Gasteiger partial charge in [-0.25, -0.2) is 4.98 Å². The Morgan fingerprint density at radius 2 is 2.04 bits per heavy atom. The summed E-state index contributed by atoms with van der Waals surface area (Å²) in [5, 5.41) is 8.73. The Hall–Kier alpha value is -1.86. The fraction of sp³-hybridized carbons (Fsp3) is 0.450. The standard InChI is InChI=1S/C20H24N4OS2/c1-2-8-15-13-17(25)24-19(22-15)26-18(23-24)21-14-20(11-6-7-12-20)27-16-9-4-3-5-10-16/h3-5,9-10,13H,2,6-8,11-12,14H2,1H3,(H,21,23). The molecule has 2 aromatic heterocycles. The second kappa shape index (κ2) is 8.02. The molecule has 4 rings (SSSR count). The van der Waals surface area contributed by atoms with Gasteiger partial charge in [0.15, 0.2) is 0 Å². The van der Waals surface area contributed by atoms with Gasteiger partial charge in [-0.1, -0.05) is 55.7 Å². The molecular weight excluding hydrogens is 376 g/mol. The summed E-state index contributed by atoms with van der Waals surface area (Å²) < 4.78 is 1.60. The summed E-state index contributed by atoms with van der Waals surface area (Å²) >= 11 is 3.43. The second-order valence-corrected chi connectivity index (χ2v) is 9.59. The predicted octanol–water partition coefficient (Wildman–Crippen LogP) is 4.62. The number of nitrogens with zero attached hydrogens (tertiary/aromatic N) is 3. The van der Waals surface area contributed by atoms with Gasteiger partial charge in [0.25, 0.3) is 5.56 Å². The van der Waals surface area contributed by atoms with E-state index < -0.39 is 0 Å². The first-order valence-corrected chi connectivity index (χ1v) is 11.2. The molecule has 0 unspecified atom stereocenters. The Kier molecular flexibility index (Phi) is 5.50. The van der Waals surface area contributed by atoms with Crippen LogP contribution in [0.5, 0.6) is 0 Å². The van der Waals surface area contributed by atoms with Crippen molar-refractivity contribution in [1.29, 1.82) is 0 Å². The normalized spacial score (nSPS) is 16.0. The van der Waals surface area contributed by atoms with Gasteiger partial charge in [0.2, 0.25) is 10.1 Å². The van der Waals surface area contributed by atoms with Crippen molar-refractivity contribution in [2.24, 2.45) is 0 Å². The Balaban J connectivity index is 1.52. The number of benzene rings is 1. The molecule has 1 N–H and O–H groups in total. The van der Waals surface area contributed by atoms with Gasteiger partial charge in [0.1, 0.15) is 0 Å². The van der Waals surface area contributed by atoms with Crippen molar-refractivity contribution >= 4 is 33.2 Å². The predicted molar refractivity (Wildman–Crippen MR) is 113 cm³/mol. The molecule has 7 heteroatoms. The molecule has 1 aliphatic rings. The van der Waals surface area contributed by atoms with Crippen LogP contribution in [0.15, 0.2) is 46.1 Å². The van der Waals surface area contributed by atoms with E-state index >= 15 is 0 Å². The van der Waals surface area contributed by atoms with Gasteiger partial charge in [0, 0.05) is 27.9 Å². The molecule has 1 fully saturated rings. The quantitative estimate of drug-likeness (QED) is 0.627. The van der Waals surface area contributed by atoms with Crippen molar-refractivity contribution in [1.82, 2.24) is 14.6 Å². The molecule has 3 aromatic rings. The molecule has 0 radical (unpaired) electrons. The number of fused-ring (bicyclic) bond motifs is 1. The van der Waals surface area contributed by atoms with Crippen molar-refractivity contribution in [2.75, 3.05) is 11.9 Å². The van der Waals surface area contributed by atoms with Crippen LogP contribution in [0, 0.1) is 0 Å². The molecule has 27 heavy (non-hydrogen) atoms. The van der Waals surface area contributed by atoms with E-state index in [1.165, 1.54) is 46.4 Å². The minimum absolute atomic E-state index is 0.0954. The van der Waals surface area contributed by atoms with Crippen molar-refractivity contribution in [2.45, 2.75) is 55.1 Å². The highest BCUT2D eigenvalue weighted by Gasteiger charge is 2.35. The number of nitrogens with one attached hydrogen (secondary N) is 1. The number of hydrogen-bond acceptors (Lipinski definition) is 6. The highest BCUT2D eigenvalue weighted by Crippen LogP contribution is 2.45. The fourth-order valence-electron chi connectivity index (χ4n) is 3.62. The van der Waals surface area contributed by atoms with Crippen LogP contribution in [0.2, 0.25) is 0 Å². The zero-order chi connectivity index (χ0) is 18.7. The Morgan fingerprint density at radius 3 is 2.78 bits per heavy atom. The average Bonchev–Trinajstić information content (AvgIpc) is 3.29. The van der Waals surface area contributed by atoms with Gasteiger partial charge in [0.05, 0.1) is 0 Å². The molecule has 0 spiro atoms. The van der Waals surface area contributed by atoms with Gasteiger partial charge in [-0.2, -0.15) is 4.52 Å². The van der Waals surface area contributed by atoms with Crippen LogP contribution in [-0.4, -0.2) is 25.9 Å². The molecule has 1 aromatic carbocycles. The third kappa shape index (κ3) is 4.19. The molecule has 142 valence electrons. The molecule has 1 saturated carbocycles. The summed E-state index contributed by atoms with van der Waals surface area (Å²) in [7, 11) is 0. The Labute approximate surface area is 167 Å². The molecule has 0 amide bonds. The number of hydrogen-bond donors (Lipinski definition) is 1. The summed E-state index contributed by atoms with van der Waals surface area (Å²) in [4.78, 5) is 18.9. The molecular formula is C20H24N4OS2. The van der Waals surface area contributed by atoms with E-state index in [0.717, 1.165) is 30.2 Å². The van der Waals surface area contributed by atoms with Crippen molar-refractivity contribution < 1.29 is 0 Å². The number of thioether (sulfide) groups is 1. The lowest BCUT2D eigenvalue weighted by Gasteiger charge is -2.28. The largest absolute Gasteiger partial charge is 0.359 e. The minimum atomic E-state index is -0.0954. The second-order valence-electron chi connectivity index (χ2n) is 7.10. The Bertz CT molecular complexity index is 961. The zero-order valence-electron chi connectivity index (χ0n) is 15.5. The van der Waals surface area contributed by atoms with Gasteiger partial charge in [-0.05, 0) is 31.4 Å². The number of anilines is 1. The van der Waals surface area contributed by atoms with Crippen LogP contribution >= 0.6 is 23.1 Å². The lowest BCUT2D eigenvalue weighted by atomic mass is 10.1. The first-order valence-electron chi connectivity index (χ1n) is 9.55. The van der Waals surface area contributed by atoms with E-state index in [2.05, 4.69) is 52.7 Å². The first-order chi connectivity index (χ1) is 13.2. The third-order valence-corrected chi connectivity index (χ3v) is 7.32. The summed E-state index contributed by atoms with van der Waals surface area (Å²) in [6.45, 7) is 2.94.